The van der Waals surface area contributed by atoms with Gasteiger partial charge in [0.15, 0.2) is 0 Å². The molecule has 0 radical (unpaired) electrons. The molecule has 0 aliphatic carbocycles. The molecule has 0 atom stereocenters. The van der Waals surface area contributed by atoms with Gasteiger partial charge in [-0.2, -0.15) is 0 Å². The van der Waals surface area contributed by atoms with Crippen LogP contribution < -0.4 is 9.04 Å². The number of hydrogen-bond donors (Lipinski definition) is 0. The van der Waals surface area contributed by atoms with Gasteiger partial charge >= 0.3 is 6.09 Å². The van der Waals surface area contributed by atoms with Gasteiger partial charge in [0.05, 0.1) is 32.3 Å². The normalized spacial score (nSPS) is 15.4. The smallest absolute Gasteiger partial charge is 0.410 e. The molecule has 0 bridgehead atoms. The SMILES string of the molecule is COc1ccc(CN(C)C(=O)OC(C)(C)C)cc1N(CCN1CCOCC1)S(C)(=O)=O. The highest BCUT2D eigenvalue weighted by Gasteiger charge is 2.24. The number of nitrogens with zero attached hydrogens (tertiary/aromatic N) is 3. The Hall–Kier alpha value is -2.04. The molecule has 1 aromatic rings. The molecule has 0 unspecified atom stereocenters. The molecule has 1 fully saturated rings. The highest BCUT2D eigenvalue weighted by molar-refractivity contribution is 7.92. The largest absolute Gasteiger partial charge is 0.495 e. The number of benzene rings is 1. The van der Waals surface area contributed by atoms with Crippen LogP contribution in [0.15, 0.2) is 18.2 Å². The zero-order valence-corrected chi connectivity index (χ0v) is 20.2. The van der Waals surface area contributed by atoms with Crippen LogP contribution in [0.25, 0.3) is 0 Å². The second-order valence-electron chi connectivity index (χ2n) is 8.63. The van der Waals surface area contributed by atoms with Crippen molar-refractivity contribution < 1.29 is 27.4 Å². The first-order valence-electron chi connectivity index (χ1n) is 10.3. The maximum Gasteiger partial charge on any atom is 0.410 e. The van der Waals surface area contributed by atoms with E-state index in [4.69, 9.17) is 14.2 Å². The molecule has 0 saturated carbocycles. The molecule has 1 aliphatic rings. The molecule has 0 aromatic heterocycles. The van der Waals surface area contributed by atoms with Gasteiger partial charge in [-0.1, -0.05) is 6.07 Å². The summed E-state index contributed by atoms with van der Waals surface area (Å²) >= 11 is 0. The fourth-order valence-corrected chi connectivity index (χ4v) is 4.14. The Kier molecular flexibility index (Phi) is 8.56. The van der Waals surface area contributed by atoms with E-state index in [2.05, 4.69) is 4.90 Å². The molecule has 0 spiro atoms. The minimum atomic E-state index is -3.55. The Balaban J connectivity index is 2.23. The number of rotatable bonds is 8. The molecule has 0 N–H and O–H groups in total. The molecule has 1 amide bonds. The van der Waals surface area contributed by atoms with Gasteiger partial charge in [0.2, 0.25) is 10.0 Å². The number of sulfonamides is 1. The molecule has 9 nitrogen and oxygen atoms in total. The fraction of sp³-hybridized carbons (Fsp3) is 0.667. The first kappa shape index (κ1) is 25.2. The lowest BCUT2D eigenvalue weighted by atomic mass is 10.1. The van der Waals surface area contributed by atoms with Crippen LogP contribution in [0.5, 0.6) is 5.75 Å². The number of ether oxygens (including phenoxy) is 3. The Morgan fingerprint density at radius 3 is 2.42 bits per heavy atom. The molecule has 176 valence electrons. The summed E-state index contributed by atoms with van der Waals surface area (Å²) in [6.07, 6.45) is 0.739. The molecule has 2 rings (SSSR count). The summed E-state index contributed by atoms with van der Waals surface area (Å²) in [4.78, 5) is 15.9. The molecule has 10 heteroatoms. The summed E-state index contributed by atoms with van der Waals surface area (Å²) < 4.78 is 42.8. The summed E-state index contributed by atoms with van der Waals surface area (Å²) in [7, 11) is -0.395. The van der Waals surface area contributed by atoms with E-state index >= 15 is 0 Å². The van der Waals surface area contributed by atoms with Crippen LogP contribution in [0.4, 0.5) is 10.5 Å². The van der Waals surface area contributed by atoms with Gasteiger partial charge in [0, 0.05) is 39.8 Å². The molecule has 31 heavy (non-hydrogen) atoms. The lowest BCUT2D eigenvalue weighted by Gasteiger charge is -2.31. The third-order valence-corrected chi connectivity index (χ3v) is 5.94. The monoisotopic (exact) mass is 457 g/mol. The van der Waals surface area contributed by atoms with Gasteiger partial charge in [-0.25, -0.2) is 13.2 Å². The quantitative estimate of drug-likeness (QED) is 0.591. The summed E-state index contributed by atoms with van der Waals surface area (Å²) in [5, 5.41) is 0. The van der Waals surface area contributed by atoms with Crippen LogP contribution in [0.1, 0.15) is 26.3 Å². The number of methoxy groups -OCH3 is 1. The van der Waals surface area contributed by atoms with E-state index in [-0.39, 0.29) is 6.54 Å². The number of carbonyl (C=O) groups excluding carboxylic acids is 1. The average molecular weight is 458 g/mol. The van der Waals surface area contributed by atoms with Crippen molar-refractivity contribution in [3.63, 3.8) is 0 Å². The zero-order valence-electron chi connectivity index (χ0n) is 19.4. The van der Waals surface area contributed by atoms with E-state index in [1.54, 1.807) is 19.2 Å². The molecular weight excluding hydrogens is 422 g/mol. The number of amides is 1. The van der Waals surface area contributed by atoms with E-state index < -0.39 is 21.7 Å². The van der Waals surface area contributed by atoms with Crippen molar-refractivity contribution in [3.05, 3.63) is 23.8 Å². The molecule has 1 aromatic carbocycles. The number of morpholine rings is 1. The first-order valence-corrected chi connectivity index (χ1v) is 12.1. The van der Waals surface area contributed by atoms with Crippen molar-refractivity contribution in [3.8, 4) is 5.75 Å². The zero-order chi connectivity index (χ0) is 23.2. The second-order valence-corrected chi connectivity index (χ2v) is 10.5. The van der Waals surface area contributed by atoms with Crippen LogP contribution in [-0.2, 0) is 26.0 Å². The van der Waals surface area contributed by atoms with Crippen LogP contribution in [0, 0.1) is 0 Å². The standard InChI is InChI=1S/C21H35N3O6S/c1-21(2,3)30-20(25)22(4)16-17-7-8-19(28-5)18(15-17)24(31(6,26)27)10-9-23-11-13-29-14-12-23/h7-8,15H,9-14,16H2,1-6H3. The lowest BCUT2D eigenvalue weighted by molar-refractivity contribution is 0.0285. The Morgan fingerprint density at radius 2 is 1.87 bits per heavy atom. The number of carbonyl (C=O) groups is 1. The Labute approximate surface area is 185 Å². The third kappa shape index (κ3) is 7.86. The second kappa shape index (κ2) is 10.5. The minimum Gasteiger partial charge on any atom is -0.495 e. The van der Waals surface area contributed by atoms with Crippen LogP contribution in [-0.4, -0.2) is 89.7 Å². The highest BCUT2D eigenvalue weighted by atomic mass is 32.2. The van der Waals surface area contributed by atoms with Crippen LogP contribution >= 0.6 is 0 Å². The number of hydrogen-bond acceptors (Lipinski definition) is 7. The van der Waals surface area contributed by atoms with E-state index in [0.717, 1.165) is 18.7 Å². The molecular formula is C21H35N3O6S. The van der Waals surface area contributed by atoms with Gasteiger partial charge in [-0.15, -0.1) is 0 Å². The van der Waals surface area contributed by atoms with Gasteiger partial charge in [0.25, 0.3) is 0 Å². The van der Waals surface area contributed by atoms with Crippen molar-refractivity contribution >= 4 is 21.8 Å². The van der Waals surface area contributed by atoms with E-state index in [9.17, 15) is 13.2 Å². The summed E-state index contributed by atoms with van der Waals surface area (Å²) in [6, 6.07) is 5.28. The minimum absolute atomic E-state index is 0.271. The first-order chi connectivity index (χ1) is 14.4. The summed E-state index contributed by atoms with van der Waals surface area (Å²) in [6.45, 7) is 9.41. The Morgan fingerprint density at radius 1 is 1.23 bits per heavy atom. The van der Waals surface area contributed by atoms with Crippen molar-refractivity contribution in [2.45, 2.75) is 32.9 Å². The van der Waals surface area contributed by atoms with Crippen LogP contribution in [0.3, 0.4) is 0 Å². The maximum absolute atomic E-state index is 12.6. The predicted octanol–water partition coefficient (Wildman–Crippen LogP) is 2.16. The molecule has 1 saturated heterocycles. The number of anilines is 1. The topological polar surface area (TPSA) is 88.6 Å². The van der Waals surface area contributed by atoms with Crippen molar-refractivity contribution in [1.29, 1.82) is 0 Å². The fourth-order valence-electron chi connectivity index (χ4n) is 3.23. The van der Waals surface area contributed by atoms with Gasteiger partial charge in [-0.05, 0) is 38.5 Å². The van der Waals surface area contributed by atoms with E-state index in [0.29, 0.717) is 37.7 Å². The summed E-state index contributed by atoms with van der Waals surface area (Å²) in [5.41, 5.74) is 0.626. The average Bonchev–Trinajstić information content (AvgIpc) is 2.67. The molecule has 1 heterocycles. The van der Waals surface area contributed by atoms with Crippen LogP contribution in [0.2, 0.25) is 0 Å². The van der Waals surface area contributed by atoms with E-state index in [1.807, 2.05) is 26.8 Å². The summed E-state index contributed by atoms with van der Waals surface area (Å²) in [5.74, 6) is 0.455. The van der Waals surface area contributed by atoms with Crippen molar-refractivity contribution in [2.24, 2.45) is 0 Å². The van der Waals surface area contributed by atoms with Gasteiger partial charge < -0.3 is 19.1 Å². The van der Waals surface area contributed by atoms with Gasteiger partial charge in [0.1, 0.15) is 11.4 Å². The Bertz CT molecular complexity index is 847. The van der Waals surface area contributed by atoms with E-state index in [1.165, 1.54) is 22.6 Å². The lowest BCUT2D eigenvalue weighted by Crippen LogP contribution is -2.43. The molecule has 1 aliphatic heterocycles. The maximum atomic E-state index is 12.6. The van der Waals surface area contributed by atoms with Gasteiger partial charge in [-0.3, -0.25) is 9.21 Å². The highest BCUT2D eigenvalue weighted by Crippen LogP contribution is 2.31. The predicted molar refractivity (Wildman–Crippen MR) is 120 cm³/mol. The van der Waals surface area contributed by atoms with Crippen molar-refractivity contribution in [2.75, 3.05) is 64.1 Å². The van der Waals surface area contributed by atoms with Crippen molar-refractivity contribution in [1.82, 2.24) is 9.80 Å². The third-order valence-electron chi connectivity index (χ3n) is 4.76.